The van der Waals surface area contributed by atoms with Gasteiger partial charge in [0.05, 0.1) is 0 Å². The first-order chi connectivity index (χ1) is 9.14. The Balaban J connectivity index is 2.45. The number of nitrogens with zero attached hydrogens (tertiary/aromatic N) is 2. The van der Waals surface area contributed by atoms with Crippen molar-refractivity contribution in [1.82, 2.24) is 9.55 Å². The Hall–Kier alpha value is -1.67. The summed E-state index contributed by atoms with van der Waals surface area (Å²) in [5.41, 5.74) is 2.26. The Kier molecular flexibility index (Phi) is 3.47. The Labute approximate surface area is 113 Å². The fraction of sp³-hybridized carbons (Fsp3) is 0.400. The van der Waals surface area contributed by atoms with Gasteiger partial charge in [0.25, 0.3) is 0 Å². The number of nitrogens with two attached hydrogens (primary N) is 1. The molecular formula is C10H14N3O6P. The summed E-state index contributed by atoms with van der Waals surface area (Å²) in [5.74, 6) is 0.00526. The summed E-state index contributed by atoms with van der Waals surface area (Å²) in [6.45, 7) is 1.39. The summed E-state index contributed by atoms with van der Waals surface area (Å²) < 4.78 is 17.1. The Bertz CT molecular complexity index is 665. The third-order valence-corrected chi connectivity index (χ3v) is 3.92. The van der Waals surface area contributed by atoms with Gasteiger partial charge in [-0.3, -0.25) is 9.13 Å². The van der Waals surface area contributed by atoms with Crippen molar-refractivity contribution in [3.63, 3.8) is 0 Å². The number of ether oxygens (including phenoxy) is 1. The number of nitrogen functional groups attached to an aromatic ring is 1. The third kappa shape index (κ3) is 2.48. The minimum absolute atomic E-state index is 0.00526. The van der Waals surface area contributed by atoms with Crippen LogP contribution in [0.15, 0.2) is 28.6 Å². The third-order valence-electron chi connectivity index (χ3n) is 3.06. The van der Waals surface area contributed by atoms with Crippen LogP contribution in [0.3, 0.4) is 0 Å². The van der Waals surface area contributed by atoms with Crippen LogP contribution in [-0.4, -0.2) is 30.5 Å². The monoisotopic (exact) mass is 303 g/mol. The number of rotatable bonds is 2. The summed E-state index contributed by atoms with van der Waals surface area (Å²) >= 11 is 0. The van der Waals surface area contributed by atoms with Gasteiger partial charge in [0, 0.05) is 12.6 Å². The number of aliphatic hydroxyl groups is 1. The average molecular weight is 303 g/mol. The van der Waals surface area contributed by atoms with E-state index >= 15 is 0 Å². The molecule has 1 aliphatic heterocycles. The highest BCUT2D eigenvalue weighted by Gasteiger charge is 2.43. The molecule has 0 radical (unpaired) electrons. The Morgan fingerprint density at radius 3 is 2.75 bits per heavy atom. The first kappa shape index (κ1) is 14.7. The number of hydrogen-bond acceptors (Lipinski definition) is 6. The molecule has 2 rings (SSSR count). The second-order valence-corrected chi connectivity index (χ2v) is 5.96. The lowest BCUT2D eigenvalue weighted by molar-refractivity contribution is -0.145. The summed E-state index contributed by atoms with van der Waals surface area (Å²) in [4.78, 5) is 33.3. The van der Waals surface area contributed by atoms with Gasteiger partial charge in [0.2, 0.25) is 5.50 Å². The first-order valence-electron chi connectivity index (χ1n) is 5.65. The Morgan fingerprint density at radius 1 is 1.60 bits per heavy atom. The van der Waals surface area contributed by atoms with Crippen LogP contribution < -0.4 is 11.4 Å². The summed E-state index contributed by atoms with van der Waals surface area (Å²) in [6.07, 6.45) is 1.04. The predicted octanol–water partition coefficient (Wildman–Crippen LogP) is -0.702. The minimum Gasteiger partial charge on any atom is -0.478 e. The molecule has 1 aromatic heterocycles. The molecule has 10 heteroatoms. The number of anilines is 1. The highest BCUT2D eigenvalue weighted by Crippen LogP contribution is 2.49. The first-order valence-corrected chi connectivity index (χ1v) is 7.27. The molecule has 0 amide bonds. The van der Waals surface area contributed by atoms with E-state index in [1.807, 2.05) is 0 Å². The van der Waals surface area contributed by atoms with E-state index in [0.717, 1.165) is 10.6 Å². The quantitative estimate of drug-likeness (QED) is 0.524. The van der Waals surface area contributed by atoms with E-state index < -0.39 is 30.6 Å². The van der Waals surface area contributed by atoms with Gasteiger partial charge in [-0.05, 0) is 19.1 Å². The maximum absolute atomic E-state index is 11.8. The van der Waals surface area contributed by atoms with Crippen LogP contribution in [-0.2, 0) is 15.0 Å². The maximum atomic E-state index is 11.8. The molecule has 0 aromatic carbocycles. The zero-order valence-electron chi connectivity index (χ0n) is 10.5. The Morgan fingerprint density at radius 2 is 2.25 bits per heavy atom. The largest absolute Gasteiger partial charge is 0.478 e. The minimum atomic E-state index is -4.54. The van der Waals surface area contributed by atoms with Crippen LogP contribution in [0.1, 0.15) is 13.3 Å². The van der Waals surface area contributed by atoms with Crippen LogP contribution in [0.4, 0.5) is 5.82 Å². The topological polar surface area (TPSA) is 148 Å². The molecule has 5 N–H and O–H groups in total. The summed E-state index contributed by atoms with van der Waals surface area (Å²) in [5, 5.41) is 10.5. The van der Waals surface area contributed by atoms with E-state index in [1.54, 1.807) is 0 Å². The second-order valence-electron chi connectivity index (χ2n) is 4.43. The van der Waals surface area contributed by atoms with Crippen LogP contribution in [0.25, 0.3) is 0 Å². The standard InChI is InChI=1S/C10H14N3O6P/c1-6-10(15,4-2-8(19-6)20(16,17)18)13-5-3-7(11)12-9(13)14/h2-3,5-6,15H,4H2,1H3,(H2,11,12,14)(H2,16,17,18)/t6-,10-/m0/s1. The fourth-order valence-corrected chi connectivity index (χ4v) is 2.54. The van der Waals surface area contributed by atoms with Crippen LogP contribution in [0.2, 0.25) is 0 Å². The highest BCUT2D eigenvalue weighted by atomic mass is 31.2. The van der Waals surface area contributed by atoms with Gasteiger partial charge in [-0.2, -0.15) is 4.98 Å². The molecular weight excluding hydrogens is 289 g/mol. The van der Waals surface area contributed by atoms with Crippen molar-refractivity contribution in [2.75, 3.05) is 5.73 Å². The van der Waals surface area contributed by atoms with Crippen molar-refractivity contribution >= 4 is 13.4 Å². The van der Waals surface area contributed by atoms with Gasteiger partial charge in [-0.1, -0.05) is 0 Å². The molecule has 0 unspecified atom stereocenters. The molecule has 9 nitrogen and oxygen atoms in total. The molecule has 1 aliphatic rings. The molecule has 20 heavy (non-hydrogen) atoms. The van der Waals surface area contributed by atoms with Crippen LogP contribution >= 0.6 is 7.60 Å². The zero-order chi connectivity index (χ0) is 15.1. The lowest BCUT2D eigenvalue weighted by Gasteiger charge is -2.38. The number of hydrogen-bond donors (Lipinski definition) is 4. The summed E-state index contributed by atoms with van der Waals surface area (Å²) in [7, 11) is -4.54. The van der Waals surface area contributed by atoms with Crippen molar-refractivity contribution in [3.05, 3.63) is 34.3 Å². The number of aromatic nitrogens is 2. The molecule has 0 spiro atoms. The van der Waals surface area contributed by atoms with Crippen LogP contribution in [0.5, 0.6) is 0 Å². The molecule has 0 saturated carbocycles. The SMILES string of the molecule is C[C@@H]1OC(P(=O)(O)O)=CC[C@@]1(O)n1ccc(N)nc1=O. The van der Waals surface area contributed by atoms with Crippen molar-refractivity contribution in [2.45, 2.75) is 25.2 Å². The van der Waals surface area contributed by atoms with Crippen molar-refractivity contribution in [3.8, 4) is 0 Å². The molecule has 2 atom stereocenters. The van der Waals surface area contributed by atoms with E-state index in [9.17, 15) is 14.5 Å². The molecule has 0 aliphatic carbocycles. The van der Waals surface area contributed by atoms with Gasteiger partial charge in [0.15, 0.2) is 5.72 Å². The zero-order valence-corrected chi connectivity index (χ0v) is 11.4. The van der Waals surface area contributed by atoms with Crippen molar-refractivity contribution in [1.29, 1.82) is 0 Å². The van der Waals surface area contributed by atoms with Crippen molar-refractivity contribution < 1.29 is 24.2 Å². The molecule has 0 saturated heterocycles. The molecule has 0 bridgehead atoms. The summed E-state index contributed by atoms with van der Waals surface area (Å²) in [6, 6.07) is 1.33. The smallest absolute Gasteiger partial charge is 0.390 e. The highest BCUT2D eigenvalue weighted by molar-refractivity contribution is 7.56. The van der Waals surface area contributed by atoms with Crippen LogP contribution in [0, 0.1) is 0 Å². The van der Waals surface area contributed by atoms with Gasteiger partial charge < -0.3 is 25.4 Å². The van der Waals surface area contributed by atoms with Gasteiger partial charge >= 0.3 is 13.3 Å². The molecule has 1 aromatic rings. The average Bonchev–Trinajstić information content (AvgIpc) is 2.31. The normalized spacial score (nSPS) is 26.8. The van der Waals surface area contributed by atoms with Gasteiger partial charge in [-0.15, -0.1) is 0 Å². The van der Waals surface area contributed by atoms with E-state index in [0.29, 0.717) is 0 Å². The van der Waals surface area contributed by atoms with E-state index in [1.165, 1.54) is 19.2 Å². The van der Waals surface area contributed by atoms with E-state index in [2.05, 4.69) is 4.98 Å². The van der Waals surface area contributed by atoms with Gasteiger partial charge in [0.1, 0.15) is 11.9 Å². The lowest BCUT2D eigenvalue weighted by Crippen LogP contribution is -2.51. The predicted molar refractivity (Wildman–Crippen MR) is 68.4 cm³/mol. The fourth-order valence-electron chi connectivity index (χ4n) is 1.92. The van der Waals surface area contributed by atoms with Gasteiger partial charge in [-0.25, -0.2) is 4.79 Å². The lowest BCUT2D eigenvalue weighted by atomic mass is 10.0. The maximum Gasteiger partial charge on any atom is 0.390 e. The molecule has 0 fully saturated rings. The van der Waals surface area contributed by atoms with Crippen molar-refractivity contribution in [2.24, 2.45) is 0 Å². The van der Waals surface area contributed by atoms with E-state index in [-0.39, 0.29) is 12.2 Å². The second kappa shape index (κ2) is 4.71. The molecule has 2 heterocycles. The van der Waals surface area contributed by atoms with E-state index in [4.69, 9.17) is 20.3 Å². The molecule has 110 valence electrons.